The number of hydrogen-bond donors (Lipinski definition) is 2. The van der Waals surface area contributed by atoms with Crippen LogP contribution in [0.4, 0.5) is 5.69 Å². The molecule has 3 heterocycles. The van der Waals surface area contributed by atoms with Crippen molar-refractivity contribution in [1.82, 2.24) is 4.98 Å². The van der Waals surface area contributed by atoms with Gasteiger partial charge in [-0.1, -0.05) is 58.4 Å². The highest BCUT2D eigenvalue weighted by Gasteiger charge is 2.46. The number of rotatable bonds is 0. The maximum atomic E-state index is 5.85. The number of halogens is 1. The number of aromatic amines is 1. The molecule has 2 aliphatic heterocycles. The van der Waals surface area contributed by atoms with Crippen molar-refractivity contribution >= 4 is 32.5 Å². The van der Waals surface area contributed by atoms with Crippen molar-refractivity contribution in [3.05, 3.63) is 94.6 Å². The van der Waals surface area contributed by atoms with E-state index in [4.69, 9.17) is 4.74 Å². The molecular weight excluding hydrogens is 400 g/mol. The van der Waals surface area contributed by atoms with Gasteiger partial charge in [0.05, 0.1) is 5.41 Å². The van der Waals surface area contributed by atoms with Gasteiger partial charge in [-0.25, -0.2) is 0 Å². The second-order valence-corrected chi connectivity index (χ2v) is 7.80. The minimum absolute atomic E-state index is 0.0210. The lowest BCUT2D eigenvalue weighted by molar-refractivity contribution is 0.303. The van der Waals surface area contributed by atoms with Crippen molar-refractivity contribution in [3.63, 3.8) is 0 Å². The van der Waals surface area contributed by atoms with Crippen LogP contribution in [0.5, 0.6) is 5.75 Å². The highest BCUT2D eigenvalue weighted by molar-refractivity contribution is 9.10. The van der Waals surface area contributed by atoms with Crippen LogP contribution < -0.4 is 10.1 Å². The molecule has 134 valence electrons. The predicted molar refractivity (Wildman–Crippen MR) is 114 cm³/mol. The number of ether oxygens (including phenoxy) is 1. The van der Waals surface area contributed by atoms with Gasteiger partial charge in [-0.15, -0.1) is 0 Å². The summed E-state index contributed by atoms with van der Waals surface area (Å²) in [6, 6.07) is 25.1. The number of H-pyrrole nitrogens is 1. The van der Waals surface area contributed by atoms with Crippen LogP contribution in [0.1, 0.15) is 11.1 Å². The first-order valence-electron chi connectivity index (χ1n) is 9.05. The van der Waals surface area contributed by atoms with Gasteiger partial charge in [-0.3, -0.25) is 0 Å². The average Bonchev–Trinajstić information content (AvgIpc) is 3.43. The molecule has 1 aromatic heterocycles. The summed E-state index contributed by atoms with van der Waals surface area (Å²) in [7, 11) is 0. The standard InChI is InChI=1S/C15H13NO.C8H6BrN/c1-3-7-13-11(5-1)15(9-16-13)10-17-14-8-4-2-6-12(14)15;9-7-2-1-3-8-6(7)4-5-10-8/h1-8,16H,9-10H2;1-5,10H. The van der Waals surface area contributed by atoms with Gasteiger partial charge in [-0.05, 0) is 35.9 Å². The highest BCUT2D eigenvalue weighted by atomic mass is 79.9. The van der Waals surface area contributed by atoms with E-state index in [1.807, 2.05) is 24.4 Å². The molecule has 3 nitrogen and oxygen atoms in total. The van der Waals surface area contributed by atoms with E-state index in [-0.39, 0.29) is 5.41 Å². The molecule has 0 fully saturated rings. The summed E-state index contributed by atoms with van der Waals surface area (Å²) >= 11 is 3.46. The van der Waals surface area contributed by atoms with Crippen LogP contribution in [0.25, 0.3) is 10.9 Å². The minimum Gasteiger partial charge on any atom is -0.492 e. The zero-order chi connectivity index (χ0) is 18.3. The Morgan fingerprint density at radius 2 is 1.67 bits per heavy atom. The maximum absolute atomic E-state index is 5.85. The first-order chi connectivity index (χ1) is 13.3. The van der Waals surface area contributed by atoms with Crippen molar-refractivity contribution in [2.45, 2.75) is 5.41 Å². The molecule has 3 aromatic carbocycles. The fourth-order valence-electron chi connectivity index (χ4n) is 4.08. The van der Waals surface area contributed by atoms with Crippen LogP contribution in [0, 0.1) is 0 Å². The van der Waals surface area contributed by atoms with Gasteiger partial charge in [0.2, 0.25) is 0 Å². The van der Waals surface area contributed by atoms with E-state index in [0.717, 1.165) is 23.4 Å². The van der Waals surface area contributed by atoms with E-state index >= 15 is 0 Å². The summed E-state index contributed by atoms with van der Waals surface area (Å²) in [5, 5.41) is 4.73. The molecule has 27 heavy (non-hydrogen) atoms. The largest absolute Gasteiger partial charge is 0.492 e. The molecule has 4 heteroatoms. The van der Waals surface area contributed by atoms with Crippen LogP contribution >= 0.6 is 15.9 Å². The molecule has 0 radical (unpaired) electrons. The summed E-state index contributed by atoms with van der Waals surface area (Å²) < 4.78 is 7.00. The molecule has 4 aromatic rings. The van der Waals surface area contributed by atoms with E-state index < -0.39 is 0 Å². The van der Waals surface area contributed by atoms with E-state index in [9.17, 15) is 0 Å². The Kier molecular flexibility index (Phi) is 3.94. The molecule has 1 spiro atoms. The monoisotopic (exact) mass is 418 g/mol. The third-order valence-electron chi connectivity index (χ3n) is 5.44. The van der Waals surface area contributed by atoms with Crippen LogP contribution in [-0.4, -0.2) is 18.1 Å². The lowest BCUT2D eigenvalue weighted by atomic mass is 9.78. The number of benzene rings is 3. The molecule has 6 rings (SSSR count). The van der Waals surface area contributed by atoms with Gasteiger partial charge < -0.3 is 15.0 Å². The van der Waals surface area contributed by atoms with Crippen molar-refractivity contribution in [1.29, 1.82) is 0 Å². The number of hydrogen-bond acceptors (Lipinski definition) is 2. The summed E-state index contributed by atoms with van der Waals surface area (Å²) in [4.78, 5) is 3.13. The summed E-state index contributed by atoms with van der Waals surface area (Å²) in [5.41, 5.74) is 5.12. The van der Waals surface area contributed by atoms with Crippen LogP contribution in [-0.2, 0) is 5.41 Å². The lowest BCUT2D eigenvalue weighted by Gasteiger charge is -2.21. The van der Waals surface area contributed by atoms with Crippen LogP contribution in [0.2, 0.25) is 0 Å². The summed E-state index contributed by atoms with van der Waals surface area (Å²) in [6.07, 6.45) is 1.94. The molecule has 2 aliphatic rings. The minimum atomic E-state index is 0.0210. The Labute approximate surface area is 166 Å². The number of fused-ring (bicyclic) bond motifs is 5. The van der Waals surface area contributed by atoms with Crippen LogP contribution in [0.3, 0.4) is 0 Å². The Balaban J connectivity index is 0.000000137. The molecular formula is C23H19BrN2O. The fraction of sp³-hybridized carbons (Fsp3) is 0.130. The second kappa shape index (κ2) is 6.46. The first kappa shape index (κ1) is 16.5. The van der Waals surface area contributed by atoms with E-state index in [1.165, 1.54) is 27.7 Å². The van der Waals surface area contributed by atoms with E-state index in [2.05, 4.69) is 80.8 Å². The maximum Gasteiger partial charge on any atom is 0.123 e. The zero-order valence-electron chi connectivity index (χ0n) is 14.7. The van der Waals surface area contributed by atoms with Crippen molar-refractivity contribution in [2.75, 3.05) is 18.5 Å². The van der Waals surface area contributed by atoms with Gasteiger partial charge in [0.25, 0.3) is 0 Å². The van der Waals surface area contributed by atoms with Gasteiger partial charge in [0.15, 0.2) is 0 Å². The molecule has 2 N–H and O–H groups in total. The quantitative estimate of drug-likeness (QED) is 0.383. The first-order valence-corrected chi connectivity index (χ1v) is 9.84. The van der Waals surface area contributed by atoms with Crippen LogP contribution in [0.15, 0.2) is 83.5 Å². The zero-order valence-corrected chi connectivity index (χ0v) is 16.3. The number of para-hydroxylation sites is 2. The fourth-order valence-corrected chi connectivity index (χ4v) is 4.58. The van der Waals surface area contributed by atoms with E-state index in [0.29, 0.717) is 0 Å². The SMILES string of the molecule is Brc1cccc2[nH]ccc12.c1ccc2c(c1)NCC21COc2ccccc21. The Bertz CT molecular complexity index is 1060. The molecule has 0 saturated heterocycles. The third kappa shape index (κ3) is 2.63. The molecule has 0 amide bonds. The normalized spacial score (nSPS) is 19.0. The average molecular weight is 419 g/mol. The van der Waals surface area contributed by atoms with Crippen molar-refractivity contribution < 1.29 is 4.74 Å². The Hall–Kier alpha value is -2.72. The van der Waals surface area contributed by atoms with Gasteiger partial charge >= 0.3 is 0 Å². The lowest BCUT2D eigenvalue weighted by Crippen LogP contribution is -2.31. The second-order valence-electron chi connectivity index (χ2n) is 6.94. The van der Waals surface area contributed by atoms with Gasteiger partial charge in [0, 0.05) is 39.4 Å². The highest BCUT2D eigenvalue weighted by Crippen LogP contribution is 2.48. The smallest absolute Gasteiger partial charge is 0.123 e. The third-order valence-corrected chi connectivity index (χ3v) is 6.13. The predicted octanol–water partition coefficient (Wildman–Crippen LogP) is 5.72. The van der Waals surface area contributed by atoms with E-state index in [1.54, 1.807) is 0 Å². The molecule has 1 atom stereocenters. The number of anilines is 1. The molecule has 1 unspecified atom stereocenters. The number of aromatic nitrogens is 1. The summed E-state index contributed by atoms with van der Waals surface area (Å²) in [6.45, 7) is 1.68. The van der Waals surface area contributed by atoms with Crippen molar-refractivity contribution in [2.24, 2.45) is 0 Å². The van der Waals surface area contributed by atoms with Gasteiger partial charge in [-0.2, -0.15) is 0 Å². The summed E-state index contributed by atoms with van der Waals surface area (Å²) in [5.74, 6) is 1.03. The topological polar surface area (TPSA) is 37.0 Å². The molecule has 0 saturated carbocycles. The van der Waals surface area contributed by atoms with Crippen molar-refractivity contribution in [3.8, 4) is 5.75 Å². The number of nitrogens with one attached hydrogen (secondary N) is 2. The van der Waals surface area contributed by atoms with Gasteiger partial charge in [0.1, 0.15) is 12.4 Å². The Morgan fingerprint density at radius 1 is 0.852 bits per heavy atom. The molecule has 0 bridgehead atoms. The Morgan fingerprint density at radius 3 is 2.56 bits per heavy atom. The molecule has 0 aliphatic carbocycles.